The smallest absolute Gasteiger partial charge is 0.255 e. The lowest BCUT2D eigenvalue weighted by Crippen LogP contribution is -2.31. The van der Waals surface area contributed by atoms with Gasteiger partial charge in [-0.05, 0) is 24.7 Å². The van der Waals surface area contributed by atoms with Crippen molar-refractivity contribution < 1.29 is 14.6 Å². The minimum atomic E-state index is -0.306. The molecule has 1 aromatic rings. The van der Waals surface area contributed by atoms with Gasteiger partial charge >= 0.3 is 0 Å². The number of hydrogen-bond acceptors (Lipinski definition) is 4. The number of ether oxygens (including phenoxy) is 1. The van der Waals surface area contributed by atoms with Crippen molar-refractivity contribution in [3.8, 4) is 11.5 Å². The number of amides is 1. The van der Waals surface area contributed by atoms with Gasteiger partial charge in [-0.2, -0.15) is 0 Å². The first-order valence-electron chi connectivity index (χ1n) is 5.55. The standard InChI is InChI=1S/C12H18N2O3/c1-3-13-6-7-14-12(16)10-8-9(17-2)4-5-11(10)15/h4-5,8,13,15H,3,6-7H2,1-2H3,(H,14,16). The van der Waals surface area contributed by atoms with E-state index in [-0.39, 0.29) is 17.2 Å². The predicted molar refractivity (Wildman–Crippen MR) is 65.5 cm³/mol. The Morgan fingerprint density at radius 2 is 2.18 bits per heavy atom. The Balaban J connectivity index is 2.61. The second-order valence-corrected chi connectivity index (χ2v) is 3.49. The van der Waals surface area contributed by atoms with Crippen LogP contribution < -0.4 is 15.4 Å². The average molecular weight is 238 g/mol. The highest BCUT2D eigenvalue weighted by Crippen LogP contribution is 2.22. The predicted octanol–water partition coefficient (Wildman–Crippen LogP) is 0.740. The van der Waals surface area contributed by atoms with Crippen LogP contribution in [-0.2, 0) is 0 Å². The summed E-state index contributed by atoms with van der Waals surface area (Å²) < 4.78 is 5.00. The normalized spacial score (nSPS) is 10.0. The van der Waals surface area contributed by atoms with Crippen molar-refractivity contribution in [1.82, 2.24) is 10.6 Å². The van der Waals surface area contributed by atoms with Crippen LogP contribution in [0.15, 0.2) is 18.2 Å². The Kier molecular flexibility index (Phi) is 5.29. The van der Waals surface area contributed by atoms with Gasteiger partial charge in [0.25, 0.3) is 5.91 Å². The Morgan fingerprint density at radius 3 is 2.82 bits per heavy atom. The summed E-state index contributed by atoms with van der Waals surface area (Å²) in [6, 6.07) is 4.56. The highest BCUT2D eigenvalue weighted by molar-refractivity contribution is 5.97. The van der Waals surface area contributed by atoms with Crippen molar-refractivity contribution in [3.05, 3.63) is 23.8 Å². The first kappa shape index (κ1) is 13.3. The van der Waals surface area contributed by atoms with Crippen LogP contribution in [0, 0.1) is 0 Å². The molecule has 3 N–H and O–H groups in total. The summed E-state index contributed by atoms with van der Waals surface area (Å²) in [4.78, 5) is 11.7. The first-order chi connectivity index (χ1) is 8.19. The number of likely N-dealkylation sites (N-methyl/N-ethyl adjacent to an activating group) is 1. The van der Waals surface area contributed by atoms with Gasteiger partial charge in [0.15, 0.2) is 0 Å². The number of nitrogens with one attached hydrogen (secondary N) is 2. The lowest BCUT2D eigenvalue weighted by atomic mass is 10.1. The van der Waals surface area contributed by atoms with E-state index in [0.717, 1.165) is 6.54 Å². The molecular weight excluding hydrogens is 220 g/mol. The third-order valence-corrected chi connectivity index (χ3v) is 2.29. The van der Waals surface area contributed by atoms with Crippen molar-refractivity contribution in [2.75, 3.05) is 26.7 Å². The molecule has 0 fully saturated rings. The summed E-state index contributed by atoms with van der Waals surface area (Å²) in [5.74, 6) is 0.186. The SMILES string of the molecule is CCNCCNC(=O)c1cc(OC)ccc1O. The third-order valence-electron chi connectivity index (χ3n) is 2.29. The number of hydrogen-bond donors (Lipinski definition) is 3. The zero-order chi connectivity index (χ0) is 12.7. The molecule has 1 amide bonds. The van der Waals surface area contributed by atoms with E-state index >= 15 is 0 Å². The molecule has 17 heavy (non-hydrogen) atoms. The molecule has 0 aliphatic heterocycles. The van der Waals surface area contributed by atoms with Crippen LogP contribution >= 0.6 is 0 Å². The van der Waals surface area contributed by atoms with E-state index in [1.54, 1.807) is 6.07 Å². The second kappa shape index (κ2) is 6.75. The number of methoxy groups -OCH3 is 1. The van der Waals surface area contributed by atoms with Crippen molar-refractivity contribution in [1.29, 1.82) is 0 Å². The summed E-state index contributed by atoms with van der Waals surface area (Å²) in [5.41, 5.74) is 0.223. The molecular formula is C12H18N2O3. The lowest BCUT2D eigenvalue weighted by molar-refractivity contribution is 0.0951. The number of phenols is 1. The summed E-state index contributed by atoms with van der Waals surface area (Å²) in [6.07, 6.45) is 0. The average Bonchev–Trinajstić information content (AvgIpc) is 2.35. The molecule has 0 aromatic heterocycles. The van der Waals surface area contributed by atoms with Crippen molar-refractivity contribution >= 4 is 5.91 Å². The van der Waals surface area contributed by atoms with Gasteiger partial charge in [-0.25, -0.2) is 0 Å². The molecule has 0 saturated heterocycles. The van der Waals surface area contributed by atoms with E-state index in [1.807, 2.05) is 6.92 Å². The Labute approximate surface area is 101 Å². The molecule has 5 nitrogen and oxygen atoms in total. The van der Waals surface area contributed by atoms with Crippen LogP contribution in [-0.4, -0.2) is 37.8 Å². The van der Waals surface area contributed by atoms with E-state index in [0.29, 0.717) is 18.8 Å². The van der Waals surface area contributed by atoms with E-state index in [2.05, 4.69) is 10.6 Å². The van der Waals surface area contributed by atoms with Gasteiger partial charge in [0.1, 0.15) is 11.5 Å². The maximum Gasteiger partial charge on any atom is 0.255 e. The van der Waals surface area contributed by atoms with Crippen LogP contribution in [0.3, 0.4) is 0 Å². The zero-order valence-corrected chi connectivity index (χ0v) is 10.1. The van der Waals surface area contributed by atoms with E-state index in [1.165, 1.54) is 19.2 Å². The van der Waals surface area contributed by atoms with Crippen molar-refractivity contribution in [2.24, 2.45) is 0 Å². The molecule has 0 heterocycles. The van der Waals surface area contributed by atoms with E-state index < -0.39 is 0 Å². The molecule has 5 heteroatoms. The molecule has 1 rings (SSSR count). The molecule has 1 aromatic carbocycles. The van der Waals surface area contributed by atoms with Crippen molar-refractivity contribution in [2.45, 2.75) is 6.92 Å². The molecule has 0 saturated carbocycles. The monoisotopic (exact) mass is 238 g/mol. The van der Waals surface area contributed by atoms with Crippen molar-refractivity contribution in [3.63, 3.8) is 0 Å². The Hall–Kier alpha value is -1.75. The van der Waals surface area contributed by atoms with Crippen LogP contribution in [0.4, 0.5) is 0 Å². The minimum Gasteiger partial charge on any atom is -0.507 e. The fourth-order valence-electron chi connectivity index (χ4n) is 1.36. The summed E-state index contributed by atoms with van der Waals surface area (Å²) >= 11 is 0. The number of benzene rings is 1. The van der Waals surface area contributed by atoms with Gasteiger partial charge in [-0.15, -0.1) is 0 Å². The molecule has 0 bridgehead atoms. The molecule has 94 valence electrons. The van der Waals surface area contributed by atoms with Gasteiger partial charge in [0.05, 0.1) is 12.7 Å². The van der Waals surface area contributed by atoms with E-state index in [4.69, 9.17) is 4.74 Å². The maximum absolute atomic E-state index is 11.7. The second-order valence-electron chi connectivity index (χ2n) is 3.49. The zero-order valence-electron chi connectivity index (χ0n) is 10.1. The lowest BCUT2D eigenvalue weighted by Gasteiger charge is -2.08. The van der Waals surface area contributed by atoms with Crippen LogP contribution in [0.25, 0.3) is 0 Å². The Morgan fingerprint density at radius 1 is 1.41 bits per heavy atom. The topological polar surface area (TPSA) is 70.6 Å². The summed E-state index contributed by atoms with van der Waals surface area (Å²) in [7, 11) is 1.51. The number of carbonyl (C=O) groups excluding carboxylic acids is 1. The highest BCUT2D eigenvalue weighted by Gasteiger charge is 2.11. The van der Waals surface area contributed by atoms with Crippen LogP contribution in [0.1, 0.15) is 17.3 Å². The maximum atomic E-state index is 11.7. The Bertz CT molecular complexity index is 380. The molecule has 0 spiro atoms. The van der Waals surface area contributed by atoms with Gasteiger partial charge in [-0.3, -0.25) is 4.79 Å². The van der Waals surface area contributed by atoms with Gasteiger partial charge in [0, 0.05) is 13.1 Å². The molecule has 0 atom stereocenters. The molecule has 0 aliphatic rings. The fraction of sp³-hybridized carbons (Fsp3) is 0.417. The van der Waals surface area contributed by atoms with Crippen LogP contribution in [0.5, 0.6) is 11.5 Å². The number of phenolic OH excluding ortho intramolecular Hbond substituents is 1. The summed E-state index contributed by atoms with van der Waals surface area (Å²) in [5, 5.41) is 15.4. The van der Waals surface area contributed by atoms with E-state index in [9.17, 15) is 9.90 Å². The highest BCUT2D eigenvalue weighted by atomic mass is 16.5. The molecule has 0 aliphatic carbocycles. The number of rotatable bonds is 6. The largest absolute Gasteiger partial charge is 0.507 e. The number of carbonyl (C=O) groups is 1. The minimum absolute atomic E-state index is 0.0493. The first-order valence-corrected chi connectivity index (χ1v) is 5.55. The van der Waals surface area contributed by atoms with Gasteiger partial charge in [-0.1, -0.05) is 6.92 Å². The summed E-state index contributed by atoms with van der Waals surface area (Å²) in [6.45, 7) is 4.08. The molecule has 0 radical (unpaired) electrons. The number of aromatic hydroxyl groups is 1. The fourth-order valence-corrected chi connectivity index (χ4v) is 1.36. The molecule has 0 unspecified atom stereocenters. The quantitative estimate of drug-likeness (QED) is 0.639. The van der Waals surface area contributed by atoms with Gasteiger partial charge in [0.2, 0.25) is 0 Å². The van der Waals surface area contributed by atoms with Gasteiger partial charge < -0.3 is 20.5 Å². The third kappa shape index (κ3) is 3.96. The van der Waals surface area contributed by atoms with Crippen LogP contribution in [0.2, 0.25) is 0 Å².